The van der Waals surface area contributed by atoms with Crippen LogP contribution in [0.15, 0.2) is 30.3 Å². The Morgan fingerprint density at radius 1 is 1.45 bits per heavy atom. The summed E-state index contributed by atoms with van der Waals surface area (Å²) in [6.45, 7) is 1.88. The summed E-state index contributed by atoms with van der Waals surface area (Å²) in [6.07, 6.45) is 2.48. The molecule has 4 nitrogen and oxygen atoms in total. The molecule has 1 aromatic rings. The van der Waals surface area contributed by atoms with Gasteiger partial charge >= 0.3 is 0 Å². The van der Waals surface area contributed by atoms with Gasteiger partial charge in [-0.2, -0.15) is 5.26 Å². The van der Waals surface area contributed by atoms with Gasteiger partial charge in [0.25, 0.3) is 0 Å². The number of nitrogens with zero attached hydrogens (tertiary/aromatic N) is 1. The van der Waals surface area contributed by atoms with Crippen molar-refractivity contribution in [2.45, 2.75) is 31.7 Å². The summed E-state index contributed by atoms with van der Waals surface area (Å²) in [5, 5.41) is 12.0. The van der Waals surface area contributed by atoms with E-state index in [9.17, 15) is 10.1 Å². The van der Waals surface area contributed by atoms with Crippen molar-refractivity contribution in [2.24, 2.45) is 5.41 Å². The van der Waals surface area contributed by atoms with Crippen LogP contribution < -0.4 is 5.32 Å². The monoisotopic (exact) mass is 272 g/mol. The van der Waals surface area contributed by atoms with Crippen molar-refractivity contribution in [1.82, 2.24) is 5.32 Å². The lowest BCUT2D eigenvalue weighted by atomic mass is 9.94. The molecule has 1 amide bonds. The van der Waals surface area contributed by atoms with E-state index in [-0.39, 0.29) is 17.9 Å². The molecular formula is C16H20N2O2. The molecule has 1 N–H and O–H groups in total. The third-order valence-corrected chi connectivity index (χ3v) is 3.79. The minimum absolute atomic E-state index is 0.0394. The Morgan fingerprint density at radius 3 is 2.60 bits per heavy atom. The molecular weight excluding hydrogens is 252 g/mol. The minimum Gasteiger partial charge on any atom is -0.381 e. The Kier molecular flexibility index (Phi) is 4.10. The van der Waals surface area contributed by atoms with Crippen molar-refractivity contribution < 1.29 is 9.53 Å². The lowest BCUT2D eigenvalue weighted by Crippen LogP contribution is -2.51. The fourth-order valence-electron chi connectivity index (χ4n) is 2.39. The second-order valence-electron chi connectivity index (χ2n) is 5.77. The quantitative estimate of drug-likeness (QED) is 0.862. The van der Waals surface area contributed by atoms with Crippen molar-refractivity contribution >= 4 is 5.91 Å². The molecule has 1 aromatic carbocycles. The molecule has 1 aliphatic carbocycles. The number of rotatable bonds is 6. The topological polar surface area (TPSA) is 62.1 Å². The van der Waals surface area contributed by atoms with Crippen LogP contribution in [0.4, 0.5) is 0 Å². The Bertz CT molecular complexity index is 517. The molecule has 0 heterocycles. The van der Waals surface area contributed by atoms with Gasteiger partial charge in [-0.15, -0.1) is 0 Å². The summed E-state index contributed by atoms with van der Waals surface area (Å²) in [7, 11) is 1.53. The highest BCUT2D eigenvalue weighted by molar-refractivity contribution is 5.86. The van der Waals surface area contributed by atoms with Crippen LogP contribution in [0.3, 0.4) is 0 Å². The third-order valence-electron chi connectivity index (χ3n) is 3.79. The molecule has 1 saturated carbocycles. The number of nitriles is 1. The van der Waals surface area contributed by atoms with E-state index >= 15 is 0 Å². The number of nitrogens with one attached hydrogen (secondary N) is 1. The van der Waals surface area contributed by atoms with Gasteiger partial charge in [0, 0.05) is 7.11 Å². The molecule has 0 saturated heterocycles. The first-order valence-electron chi connectivity index (χ1n) is 6.80. The van der Waals surface area contributed by atoms with Gasteiger partial charge in [-0.1, -0.05) is 30.3 Å². The summed E-state index contributed by atoms with van der Waals surface area (Å²) in [5.41, 5.74) is -0.142. The van der Waals surface area contributed by atoms with Gasteiger partial charge in [-0.25, -0.2) is 0 Å². The summed E-state index contributed by atoms with van der Waals surface area (Å²) in [5.74, 6) is -0.0394. The number of hydrogen-bond donors (Lipinski definition) is 1. The number of hydrogen-bond acceptors (Lipinski definition) is 3. The number of ether oxygens (including phenoxy) is 1. The molecule has 1 atom stereocenters. The summed E-state index contributed by atoms with van der Waals surface area (Å²) in [6, 6.07) is 12.1. The lowest BCUT2D eigenvalue weighted by Gasteiger charge is -2.25. The van der Waals surface area contributed by atoms with Crippen LogP contribution in [-0.2, 0) is 16.0 Å². The zero-order valence-electron chi connectivity index (χ0n) is 12.0. The van der Waals surface area contributed by atoms with E-state index in [0.29, 0.717) is 0 Å². The first-order valence-corrected chi connectivity index (χ1v) is 6.80. The number of amides is 1. The average Bonchev–Trinajstić information content (AvgIpc) is 3.21. The van der Waals surface area contributed by atoms with Crippen LogP contribution in [-0.4, -0.2) is 25.2 Å². The average molecular weight is 272 g/mol. The van der Waals surface area contributed by atoms with Crippen molar-refractivity contribution in [2.75, 3.05) is 13.7 Å². The van der Waals surface area contributed by atoms with Gasteiger partial charge in [0.1, 0.15) is 5.54 Å². The fraction of sp³-hybridized carbons (Fsp3) is 0.500. The molecule has 1 aliphatic rings. The van der Waals surface area contributed by atoms with E-state index in [2.05, 4.69) is 11.4 Å². The van der Waals surface area contributed by atoms with Gasteiger partial charge in [0.2, 0.25) is 5.91 Å². The maximum absolute atomic E-state index is 12.5. The highest BCUT2D eigenvalue weighted by Gasteiger charge is 2.51. The Labute approximate surface area is 119 Å². The summed E-state index contributed by atoms with van der Waals surface area (Å²) < 4.78 is 5.01. The predicted molar refractivity (Wildman–Crippen MR) is 75.8 cm³/mol. The molecule has 0 spiro atoms. The van der Waals surface area contributed by atoms with Crippen molar-refractivity contribution in [3.05, 3.63) is 35.9 Å². The first-order chi connectivity index (χ1) is 9.53. The van der Waals surface area contributed by atoms with Crippen LogP contribution in [0.25, 0.3) is 0 Å². The first kappa shape index (κ1) is 14.5. The smallest absolute Gasteiger partial charge is 0.227 e. The van der Waals surface area contributed by atoms with Gasteiger partial charge < -0.3 is 10.1 Å². The molecule has 1 fully saturated rings. The standard InChI is InChI=1S/C16H20N2O2/c1-15(11-17,12-20-2)18-14(19)16(8-9-16)10-13-6-4-3-5-7-13/h3-7H,8-10,12H2,1-2H3,(H,18,19)/t15-/m0/s1. The van der Waals surface area contributed by atoms with Gasteiger partial charge in [0.05, 0.1) is 18.1 Å². The van der Waals surface area contributed by atoms with E-state index < -0.39 is 5.54 Å². The largest absolute Gasteiger partial charge is 0.381 e. The summed E-state index contributed by atoms with van der Waals surface area (Å²) >= 11 is 0. The number of methoxy groups -OCH3 is 1. The van der Waals surface area contributed by atoms with Crippen molar-refractivity contribution in [1.29, 1.82) is 5.26 Å². The van der Waals surface area contributed by atoms with E-state index in [0.717, 1.165) is 24.8 Å². The van der Waals surface area contributed by atoms with E-state index in [1.54, 1.807) is 6.92 Å². The Hall–Kier alpha value is -1.86. The molecule has 106 valence electrons. The SMILES string of the molecule is COC[C@](C)(C#N)NC(=O)C1(Cc2ccccc2)CC1. The number of benzene rings is 1. The third kappa shape index (κ3) is 3.17. The molecule has 0 unspecified atom stereocenters. The maximum Gasteiger partial charge on any atom is 0.227 e. The van der Waals surface area contributed by atoms with Gasteiger partial charge in [-0.05, 0) is 31.7 Å². The maximum atomic E-state index is 12.5. The Balaban J connectivity index is 2.04. The second kappa shape index (κ2) is 5.64. The molecule has 2 rings (SSSR count). The molecule has 0 aliphatic heterocycles. The van der Waals surface area contributed by atoms with Crippen molar-refractivity contribution in [3.8, 4) is 6.07 Å². The van der Waals surface area contributed by atoms with Crippen LogP contribution >= 0.6 is 0 Å². The molecule has 0 radical (unpaired) electrons. The number of carbonyl (C=O) groups excluding carboxylic acids is 1. The highest BCUT2D eigenvalue weighted by Crippen LogP contribution is 2.48. The zero-order chi connectivity index (χ0) is 14.6. The van der Waals surface area contributed by atoms with Gasteiger partial charge in [0.15, 0.2) is 0 Å². The van der Waals surface area contributed by atoms with Crippen molar-refractivity contribution in [3.63, 3.8) is 0 Å². The van der Waals surface area contributed by atoms with Gasteiger partial charge in [-0.3, -0.25) is 4.79 Å². The lowest BCUT2D eigenvalue weighted by molar-refractivity contribution is -0.128. The predicted octanol–water partition coefficient (Wildman–Crippen LogP) is 2.05. The highest BCUT2D eigenvalue weighted by atomic mass is 16.5. The van der Waals surface area contributed by atoms with Crippen LogP contribution in [0.2, 0.25) is 0 Å². The molecule has 20 heavy (non-hydrogen) atoms. The number of carbonyl (C=O) groups is 1. The summed E-state index contributed by atoms with van der Waals surface area (Å²) in [4.78, 5) is 12.5. The molecule has 0 bridgehead atoms. The normalized spacial score (nSPS) is 18.6. The van der Waals surface area contributed by atoms with E-state index in [1.165, 1.54) is 7.11 Å². The zero-order valence-corrected chi connectivity index (χ0v) is 12.0. The van der Waals surface area contributed by atoms with E-state index in [1.807, 2.05) is 30.3 Å². The van der Waals surface area contributed by atoms with Crippen LogP contribution in [0.5, 0.6) is 0 Å². The van der Waals surface area contributed by atoms with Crippen LogP contribution in [0.1, 0.15) is 25.3 Å². The second-order valence-corrected chi connectivity index (χ2v) is 5.77. The Morgan fingerprint density at radius 2 is 2.10 bits per heavy atom. The van der Waals surface area contributed by atoms with Crippen LogP contribution in [0, 0.1) is 16.7 Å². The minimum atomic E-state index is -0.960. The fourth-order valence-corrected chi connectivity index (χ4v) is 2.39. The molecule has 4 heteroatoms. The van der Waals surface area contributed by atoms with E-state index in [4.69, 9.17) is 4.74 Å². The molecule has 0 aromatic heterocycles.